The number of carbonyl (C=O) groups excluding carboxylic acids is 1. The van der Waals surface area contributed by atoms with E-state index in [1.165, 1.54) is 0 Å². The Hall–Kier alpha value is -1.88. The summed E-state index contributed by atoms with van der Waals surface area (Å²) in [5.74, 6) is 0.0871. The molecule has 2 aromatic carbocycles. The molecule has 146 valence electrons. The first kappa shape index (κ1) is 21.4. The number of likely N-dealkylation sites (tertiary alicyclic amines) is 1. The van der Waals surface area contributed by atoms with Gasteiger partial charge in [0.05, 0.1) is 6.04 Å². The Bertz CT molecular complexity index is 671. The second-order valence-electron chi connectivity index (χ2n) is 7.61. The van der Waals surface area contributed by atoms with Crippen LogP contribution in [0.1, 0.15) is 36.9 Å². The summed E-state index contributed by atoms with van der Waals surface area (Å²) >= 11 is 0. The average molecular weight is 388 g/mol. The summed E-state index contributed by atoms with van der Waals surface area (Å²) in [5.41, 5.74) is 8.28. The van der Waals surface area contributed by atoms with Crippen LogP contribution in [0.5, 0.6) is 0 Å². The third kappa shape index (κ3) is 5.80. The summed E-state index contributed by atoms with van der Waals surface area (Å²) in [7, 11) is 0. The summed E-state index contributed by atoms with van der Waals surface area (Å²) in [4.78, 5) is 15.0. The van der Waals surface area contributed by atoms with Crippen molar-refractivity contribution in [1.29, 1.82) is 0 Å². The van der Waals surface area contributed by atoms with Crippen LogP contribution in [0, 0.1) is 5.41 Å². The molecule has 1 heterocycles. The van der Waals surface area contributed by atoms with E-state index in [1.54, 1.807) is 0 Å². The van der Waals surface area contributed by atoms with Crippen molar-refractivity contribution >= 4 is 18.3 Å². The van der Waals surface area contributed by atoms with Crippen LogP contribution >= 0.6 is 12.4 Å². The Morgan fingerprint density at radius 3 is 2.15 bits per heavy atom. The van der Waals surface area contributed by atoms with Crippen LogP contribution in [0.3, 0.4) is 0 Å². The third-order valence-corrected chi connectivity index (χ3v) is 5.36. The van der Waals surface area contributed by atoms with Crippen molar-refractivity contribution in [3.05, 3.63) is 71.8 Å². The minimum Gasteiger partial charge on any atom is -0.345 e. The lowest BCUT2D eigenvalue weighted by Gasteiger charge is -2.23. The Labute approximate surface area is 168 Å². The summed E-state index contributed by atoms with van der Waals surface area (Å²) in [6.45, 7) is 5.74. The number of rotatable bonds is 7. The summed E-state index contributed by atoms with van der Waals surface area (Å²) in [5, 5.41) is 3.22. The number of hydrogen-bond acceptors (Lipinski definition) is 3. The predicted molar refractivity (Wildman–Crippen MR) is 113 cm³/mol. The molecule has 3 N–H and O–H groups in total. The van der Waals surface area contributed by atoms with Gasteiger partial charge in [-0.1, -0.05) is 67.6 Å². The van der Waals surface area contributed by atoms with E-state index < -0.39 is 0 Å². The number of benzene rings is 2. The van der Waals surface area contributed by atoms with Crippen molar-refractivity contribution in [2.45, 2.75) is 25.8 Å². The number of nitrogens with two attached hydrogens (primary N) is 1. The topological polar surface area (TPSA) is 58.4 Å². The molecule has 3 rings (SSSR count). The number of carbonyl (C=O) groups is 1. The number of nitrogens with one attached hydrogen (secondary N) is 1. The lowest BCUT2D eigenvalue weighted by Crippen LogP contribution is -2.35. The van der Waals surface area contributed by atoms with Gasteiger partial charge in [-0.15, -0.1) is 12.4 Å². The van der Waals surface area contributed by atoms with E-state index in [2.05, 4.69) is 41.4 Å². The van der Waals surface area contributed by atoms with Crippen molar-refractivity contribution in [2.24, 2.45) is 11.1 Å². The Morgan fingerprint density at radius 2 is 1.67 bits per heavy atom. The third-order valence-electron chi connectivity index (χ3n) is 5.36. The molecule has 0 bridgehead atoms. The Kier molecular flexibility index (Phi) is 7.84. The second-order valence-corrected chi connectivity index (χ2v) is 7.61. The van der Waals surface area contributed by atoms with Crippen LogP contribution < -0.4 is 11.1 Å². The molecule has 1 unspecified atom stereocenters. The first-order valence-electron chi connectivity index (χ1n) is 9.41. The molecule has 0 aromatic heterocycles. The first-order chi connectivity index (χ1) is 12.6. The molecule has 2 aromatic rings. The predicted octanol–water partition coefficient (Wildman–Crippen LogP) is 3.37. The van der Waals surface area contributed by atoms with E-state index in [9.17, 15) is 4.79 Å². The second kappa shape index (κ2) is 9.88. The van der Waals surface area contributed by atoms with E-state index in [1.807, 2.05) is 36.4 Å². The molecular weight excluding hydrogens is 358 g/mol. The highest BCUT2D eigenvalue weighted by Crippen LogP contribution is 2.28. The van der Waals surface area contributed by atoms with Gasteiger partial charge in [-0.2, -0.15) is 0 Å². The van der Waals surface area contributed by atoms with Gasteiger partial charge in [0.25, 0.3) is 0 Å². The van der Waals surface area contributed by atoms with Gasteiger partial charge in [0, 0.05) is 19.5 Å². The van der Waals surface area contributed by atoms with E-state index in [4.69, 9.17) is 5.73 Å². The highest BCUT2D eigenvalue weighted by molar-refractivity contribution is 5.85. The van der Waals surface area contributed by atoms with E-state index in [0.717, 1.165) is 37.2 Å². The molecule has 1 saturated heterocycles. The van der Waals surface area contributed by atoms with Gasteiger partial charge in [-0.25, -0.2) is 0 Å². The average Bonchev–Trinajstić information content (AvgIpc) is 3.08. The largest absolute Gasteiger partial charge is 0.345 e. The molecule has 1 aliphatic heterocycles. The molecule has 0 aliphatic carbocycles. The maximum Gasteiger partial charge on any atom is 0.222 e. The SMILES string of the molecule is CC1(CN)CCN(CCC(=O)NC(c2ccccc2)c2ccccc2)C1.Cl. The maximum absolute atomic E-state index is 12.6. The molecule has 1 atom stereocenters. The molecule has 1 amide bonds. The zero-order valence-corrected chi connectivity index (χ0v) is 16.8. The van der Waals surface area contributed by atoms with E-state index in [-0.39, 0.29) is 29.8 Å². The highest BCUT2D eigenvalue weighted by Gasteiger charge is 2.32. The van der Waals surface area contributed by atoms with Crippen LogP contribution in [0.15, 0.2) is 60.7 Å². The minimum atomic E-state index is -0.113. The zero-order valence-electron chi connectivity index (χ0n) is 15.9. The lowest BCUT2D eigenvalue weighted by atomic mass is 9.90. The minimum absolute atomic E-state index is 0. The van der Waals surface area contributed by atoms with Crippen molar-refractivity contribution in [3.63, 3.8) is 0 Å². The van der Waals surface area contributed by atoms with Crippen molar-refractivity contribution in [3.8, 4) is 0 Å². The van der Waals surface area contributed by atoms with Crippen LogP contribution in [-0.4, -0.2) is 37.0 Å². The van der Waals surface area contributed by atoms with Gasteiger partial charge in [-0.05, 0) is 36.1 Å². The monoisotopic (exact) mass is 387 g/mol. The van der Waals surface area contributed by atoms with Crippen LogP contribution in [-0.2, 0) is 4.79 Å². The number of halogens is 1. The maximum atomic E-state index is 12.6. The molecule has 0 saturated carbocycles. The quantitative estimate of drug-likeness (QED) is 0.765. The summed E-state index contributed by atoms with van der Waals surface area (Å²) in [6.07, 6.45) is 1.62. The molecule has 27 heavy (non-hydrogen) atoms. The van der Waals surface area contributed by atoms with Crippen molar-refractivity contribution in [2.75, 3.05) is 26.2 Å². The smallest absolute Gasteiger partial charge is 0.222 e. The molecular formula is C22H30ClN3O. The number of amides is 1. The molecule has 0 spiro atoms. The van der Waals surface area contributed by atoms with Crippen LogP contribution in [0.25, 0.3) is 0 Å². The standard InChI is InChI=1S/C22H29N3O.ClH/c1-22(16-23)13-15-25(17-22)14-12-20(26)24-21(18-8-4-2-5-9-18)19-10-6-3-7-11-19;/h2-11,21H,12-17,23H2,1H3,(H,24,26);1H. The molecule has 1 fully saturated rings. The summed E-state index contributed by atoms with van der Waals surface area (Å²) in [6, 6.07) is 20.2. The van der Waals surface area contributed by atoms with Gasteiger partial charge in [0.15, 0.2) is 0 Å². The van der Waals surface area contributed by atoms with E-state index >= 15 is 0 Å². The fourth-order valence-corrected chi connectivity index (χ4v) is 3.63. The molecule has 1 aliphatic rings. The van der Waals surface area contributed by atoms with Gasteiger partial charge in [0.2, 0.25) is 5.91 Å². The fourth-order valence-electron chi connectivity index (χ4n) is 3.63. The molecule has 0 radical (unpaired) electrons. The first-order valence-corrected chi connectivity index (χ1v) is 9.41. The van der Waals surface area contributed by atoms with Gasteiger partial charge in [0.1, 0.15) is 0 Å². The molecule has 4 nitrogen and oxygen atoms in total. The van der Waals surface area contributed by atoms with Gasteiger partial charge < -0.3 is 16.0 Å². The Balaban J connectivity index is 0.00000261. The highest BCUT2D eigenvalue weighted by atomic mass is 35.5. The van der Waals surface area contributed by atoms with Gasteiger partial charge >= 0.3 is 0 Å². The normalized spacial score (nSPS) is 19.7. The fraction of sp³-hybridized carbons (Fsp3) is 0.409. The lowest BCUT2D eigenvalue weighted by molar-refractivity contribution is -0.121. The number of hydrogen-bond donors (Lipinski definition) is 2. The van der Waals surface area contributed by atoms with E-state index in [0.29, 0.717) is 13.0 Å². The van der Waals surface area contributed by atoms with Crippen molar-refractivity contribution in [1.82, 2.24) is 10.2 Å². The zero-order chi connectivity index (χ0) is 18.4. The van der Waals surface area contributed by atoms with Crippen molar-refractivity contribution < 1.29 is 4.79 Å². The number of nitrogens with zero attached hydrogens (tertiary/aromatic N) is 1. The Morgan fingerprint density at radius 1 is 1.11 bits per heavy atom. The van der Waals surface area contributed by atoms with Crippen LogP contribution in [0.2, 0.25) is 0 Å². The van der Waals surface area contributed by atoms with Gasteiger partial charge in [-0.3, -0.25) is 4.79 Å². The summed E-state index contributed by atoms with van der Waals surface area (Å²) < 4.78 is 0. The molecule has 5 heteroatoms. The van der Waals surface area contributed by atoms with Crippen LogP contribution in [0.4, 0.5) is 0 Å².